The molecule has 0 bridgehead atoms. The molecule has 0 spiro atoms. The molecular formula is C40H84N6O2. The number of carbonyl (C=O) groups is 2. The smallest absolute Gasteiger partial charge is 0.221 e. The molecule has 8 nitrogen and oxygen atoms in total. The predicted molar refractivity (Wildman–Crippen MR) is 208 cm³/mol. The fourth-order valence-corrected chi connectivity index (χ4v) is 6.46. The number of hydrogen-bond donors (Lipinski definition) is 4. The molecule has 0 atom stereocenters. The van der Waals surface area contributed by atoms with Crippen LogP contribution in [0.1, 0.15) is 181 Å². The molecule has 0 fully saturated rings. The lowest BCUT2D eigenvalue weighted by molar-refractivity contribution is -0.122. The van der Waals surface area contributed by atoms with Crippen LogP contribution >= 0.6 is 0 Å². The highest BCUT2D eigenvalue weighted by molar-refractivity contribution is 5.76. The lowest BCUT2D eigenvalue weighted by Crippen LogP contribution is -2.34. The van der Waals surface area contributed by atoms with Crippen molar-refractivity contribution in [3.63, 3.8) is 0 Å². The van der Waals surface area contributed by atoms with Crippen molar-refractivity contribution in [2.24, 2.45) is 11.5 Å². The van der Waals surface area contributed by atoms with Gasteiger partial charge < -0.3 is 31.9 Å². The van der Waals surface area contributed by atoms with Crippen LogP contribution in [-0.4, -0.2) is 87.1 Å². The third kappa shape index (κ3) is 34.6. The Morgan fingerprint density at radius 1 is 0.396 bits per heavy atom. The number of unbranched alkanes of at least 4 members (excludes halogenated alkanes) is 21. The number of carbonyl (C=O) groups excluding carboxylic acids is 2. The van der Waals surface area contributed by atoms with E-state index in [4.69, 9.17) is 11.5 Å². The number of hydrogen-bond acceptors (Lipinski definition) is 6. The van der Waals surface area contributed by atoms with Gasteiger partial charge in [-0.25, -0.2) is 0 Å². The molecular weight excluding hydrogens is 596 g/mol. The predicted octanol–water partition coefficient (Wildman–Crippen LogP) is 7.92. The van der Waals surface area contributed by atoms with Crippen LogP contribution in [0.2, 0.25) is 0 Å². The summed E-state index contributed by atoms with van der Waals surface area (Å²) >= 11 is 0. The number of rotatable bonds is 39. The molecule has 8 heteroatoms. The van der Waals surface area contributed by atoms with Crippen LogP contribution in [0, 0.1) is 0 Å². The molecule has 2 amide bonds. The molecule has 6 N–H and O–H groups in total. The molecule has 0 saturated heterocycles. The van der Waals surface area contributed by atoms with Gasteiger partial charge in [0.15, 0.2) is 0 Å². The van der Waals surface area contributed by atoms with E-state index < -0.39 is 0 Å². The first kappa shape index (κ1) is 46.8. The highest BCUT2D eigenvalue weighted by Crippen LogP contribution is 2.13. The summed E-state index contributed by atoms with van der Waals surface area (Å²) < 4.78 is 0. The molecule has 0 aromatic carbocycles. The maximum atomic E-state index is 12.2. The van der Waals surface area contributed by atoms with E-state index in [0.717, 1.165) is 39.3 Å². The van der Waals surface area contributed by atoms with E-state index in [2.05, 4.69) is 34.3 Å². The highest BCUT2D eigenvalue weighted by atomic mass is 16.2. The quantitative estimate of drug-likeness (QED) is 0.0490. The van der Waals surface area contributed by atoms with E-state index in [1.807, 2.05) is 0 Å². The summed E-state index contributed by atoms with van der Waals surface area (Å²) in [5.74, 6) is 0.237. The zero-order chi connectivity index (χ0) is 35.2. The summed E-state index contributed by atoms with van der Waals surface area (Å²) in [6.07, 6.45) is 32.9. The fraction of sp³-hybridized carbons (Fsp3) is 0.950. The molecule has 0 radical (unpaired) electrons. The first-order chi connectivity index (χ1) is 23.6. The lowest BCUT2D eigenvalue weighted by Gasteiger charge is -2.23. The Morgan fingerprint density at radius 3 is 0.896 bits per heavy atom. The zero-order valence-corrected chi connectivity index (χ0v) is 32.3. The van der Waals surface area contributed by atoms with Gasteiger partial charge in [-0.15, -0.1) is 0 Å². The third-order valence-electron chi connectivity index (χ3n) is 9.60. The van der Waals surface area contributed by atoms with Crippen LogP contribution in [0.5, 0.6) is 0 Å². The maximum Gasteiger partial charge on any atom is 0.221 e. The minimum Gasteiger partial charge on any atom is -0.355 e. The molecule has 0 unspecified atom stereocenters. The van der Waals surface area contributed by atoms with Gasteiger partial charge >= 0.3 is 0 Å². The normalized spacial score (nSPS) is 11.5. The van der Waals surface area contributed by atoms with Gasteiger partial charge in [0.2, 0.25) is 11.8 Å². The van der Waals surface area contributed by atoms with Gasteiger partial charge in [0.1, 0.15) is 0 Å². The van der Waals surface area contributed by atoms with Gasteiger partial charge in [-0.2, -0.15) is 0 Å². The van der Waals surface area contributed by atoms with Crippen molar-refractivity contribution in [2.75, 3.05) is 65.4 Å². The largest absolute Gasteiger partial charge is 0.355 e. The van der Waals surface area contributed by atoms with Gasteiger partial charge in [-0.05, 0) is 51.9 Å². The first-order valence-corrected chi connectivity index (χ1v) is 21.0. The summed E-state index contributed by atoms with van der Waals surface area (Å²) in [5, 5.41) is 5.85. The number of nitrogens with one attached hydrogen (secondary N) is 2. The second-order valence-electron chi connectivity index (χ2n) is 14.2. The van der Waals surface area contributed by atoms with Crippen molar-refractivity contribution >= 4 is 11.8 Å². The second kappa shape index (κ2) is 38.6. The number of nitrogens with zero attached hydrogens (tertiary/aromatic N) is 2. The van der Waals surface area contributed by atoms with E-state index in [1.54, 1.807) is 0 Å². The van der Waals surface area contributed by atoms with Crippen molar-refractivity contribution < 1.29 is 9.59 Å². The molecule has 0 aliphatic rings. The van der Waals surface area contributed by atoms with Gasteiger partial charge in [0.05, 0.1) is 0 Å². The van der Waals surface area contributed by atoms with Gasteiger partial charge in [0, 0.05) is 52.1 Å². The molecule has 0 heterocycles. The van der Waals surface area contributed by atoms with Crippen LogP contribution in [0.4, 0.5) is 0 Å². The summed E-state index contributed by atoms with van der Waals surface area (Å²) in [6, 6.07) is 0. The van der Waals surface area contributed by atoms with Crippen molar-refractivity contribution in [1.82, 2.24) is 20.4 Å². The number of amides is 2. The molecule has 0 aromatic heterocycles. The van der Waals surface area contributed by atoms with E-state index in [9.17, 15) is 9.59 Å². The van der Waals surface area contributed by atoms with Crippen LogP contribution in [0.3, 0.4) is 0 Å². The molecule has 286 valence electrons. The standard InChI is InChI=1S/C40H84N6O2/c1-3-5-7-9-11-13-15-17-19-23-33-45(37-27-39(47)43-31-29-41)35-25-21-22-26-36-46(38-28-40(48)44-32-30-42)34-24-20-18-16-14-12-10-8-6-4-2/h3-38,41-42H2,1-2H3,(H,43,47)(H,44,48). The van der Waals surface area contributed by atoms with E-state index in [1.165, 1.54) is 154 Å². The average molecular weight is 681 g/mol. The van der Waals surface area contributed by atoms with E-state index >= 15 is 0 Å². The summed E-state index contributed by atoms with van der Waals surface area (Å²) in [4.78, 5) is 29.5. The van der Waals surface area contributed by atoms with E-state index in [0.29, 0.717) is 39.0 Å². The summed E-state index contributed by atoms with van der Waals surface area (Å²) in [5.41, 5.74) is 11.1. The Kier molecular flexibility index (Phi) is 37.6. The Labute approximate surface area is 299 Å². The van der Waals surface area contributed by atoms with Gasteiger partial charge in [0.25, 0.3) is 0 Å². The van der Waals surface area contributed by atoms with Crippen molar-refractivity contribution in [2.45, 2.75) is 181 Å². The Balaban J connectivity index is 4.43. The zero-order valence-electron chi connectivity index (χ0n) is 32.3. The topological polar surface area (TPSA) is 117 Å². The second-order valence-corrected chi connectivity index (χ2v) is 14.2. The third-order valence-corrected chi connectivity index (χ3v) is 9.60. The Hall–Kier alpha value is -1.22. The minimum atomic E-state index is 0.118. The highest BCUT2D eigenvalue weighted by Gasteiger charge is 2.10. The van der Waals surface area contributed by atoms with Crippen LogP contribution < -0.4 is 22.1 Å². The van der Waals surface area contributed by atoms with Crippen molar-refractivity contribution in [3.05, 3.63) is 0 Å². The van der Waals surface area contributed by atoms with Crippen LogP contribution in [0.15, 0.2) is 0 Å². The monoisotopic (exact) mass is 681 g/mol. The van der Waals surface area contributed by atoms with Gasteiger partial charge in [-0.1, -0.05) is 142 Å². The fourth-order valence-electron chi connectivity index (χ4n) is 6.46. The SMILES string of the molecule is CCCCCCCCCCCCN(CCCCCCN(CCCCCCCCCCCC)CCC(=O)NCCN)CCC(=O)NCCN. The van der Waals surface area contributed by atoms with Crippen molar-refractivity contribution in [3.8, 4) is 0 Å². The molecule has 0 aromatic rings. The first-order valence-electron chi connectivity index (χ1n) is 21.0. The number of nitrogens with two attached hydrogens (primary N) is 2. The van der Waals surface area contributed by atoms with Gasteiger partial charge in [-0.3, -0.25) is 9.59 Å². The maximum absolute atomic E-state index is 12.2. The molecule has 0 saturated carbocycles. The minimum absolute atomic E-state index is 0.118. The van der Waals surface area contributed by atoms with Crippen molar-refractivity contribution in [1.29, 1.82) is 0 Å². The molecule has 48 heavy (non-hydrogen) atoms. The van der Waals surface area contributed by atoms with Crippen LogP contribution in [0.25, 0.3) is 0 Å². The Bertz CT molecular complexity index is 624. The molecule has 0 aliphatic carbocycles. The molecule has 0 aliphatic heterocycles. The average Bonchev–Trinajstić information content (AvgIpc) is 3.09. The van der Waals surface area contributed by atoms with E-state index in [-0.39, 0.29) is 11.8 Å². The summed E-state index contributed by atoms with van der Waals surface area (Å²) in [6.45, 7) is 12.7. The molecule has 0 rings (SSSR count). The summed E-state index contributed by atoms with van der Waals surface area (Å²) in [7, 11) is 0. The Morgan fingerprint density at radius 2 is 0.646 bits per heavy atom. The van der Waals surface area contributed by atoms with Crippen LogP contribution in [-0.2, 0) is 9.59 Å². The lowest BCUT2D eigenvalue weighted by atomic mass is 10.1.